The summed E-state index contributed by atoms with van der Waals surface area (Å²) in [7, 11) is 3.88. The Kier molecular flexibility index (Phi) is 2.43. The van der Waals surface area contributed by atoms with Gasteiger partial charge in [0.25, 0.3) is 0 Å². The molecule has 56 valence electrons. The molecule has 0 aliphatic rings. The van der Waals surface area contributed by atoms with Gasteiger partial charge in [-0.3, -0.25) is 0 Å². The molecule has 5 heteroatoms. The Morgan fingerprint density at radius 3 is 1.50 bits per heavy atom. The fraction of sp³-hybridized carbons (Fsp3) is 0.400. The van der Waals surface area contributed by atoms with Gasteiger partial charge in [-0.15, -0.1) is 0 Å². The van der Waals surface area contributed by atoms with Crippen LogP contribution in [0.1, 0.15) is 0 Å². The summed E-state index contributed by atoms with van der Waals surface area (Å²) in [4.78, 5) is 0. The molecule has 0 aliphatic heterocycles. The summed E-state index contributed by atoms with van der Waals surface area (Å²) in [6.45, 7) is 0. The van der Waals surface area contributed by atoms with E-state index in [9.17, 15) is 0 Å². The van der Waals surface area contributed by atoms with Crippen molar-refractivity contribution in [3.8, 4) is 0 Å². The summed E-state index contributed by atoms with van der Waals surface area (Å²) < 4.78 is 6.81. The van der Waals surface area contributed by atoms with Crippen molar-refractivity contribution in [3.63, 3.8) is 0 Å². The second-order valence-electron chi connectivity index (χ2n) is 2.01. The first-order valence-corrected chi connectivity index (χ1v) is 4.77. The zero-order chi connectivity index (χ0) is 7.89. The number of nitrogens with zero attached hydrogens (tertiary/aromatic N) is 2. The number of hydrogen-bond acceptors (Lipinski definition) is 1. The molecular formula is C5H6N2SSe2-2. The first-order valence-electron chi connectivity index (χ1n) is 2.65. The first-order chi connectivity index (χ1) is 4.55. The monoisotopic (exact) mass is 286 g/mol. The molecule has 2 nitrogen and oxygen atoms in total. The predicted molar refractivity (Wildman–Crippen MR) is 46.0 cm³/mol. The summed E-state index contributed by atoms with van der Waals surface area (Å²) in [6, 6.07) is 0. The molecule has 0 amide bonds. The second kappa shape index (κ2) is 2.84. The Balaban J connectivity index is 3.60. The van der Waals surface area contributed by atoms with E-state index in [2.05, 4.69) is 32.0 Å². The van der Waals surface area contributed by atoms with Crippen LogP contribution in [0, 0.1) is 4.77 Å². The topological polar surface area (TPSA) is 9.86 Å². The van der Waals surface area contributed by atoms with Gasteiger partial charge in [0.05, 0.1) is 0 Å². The van der Waals surface area contributed by atoms with Gasteiger partial charge >= 0.3 is 81.4 Å². The maximum atomic E-state index is 5.09. The second-order valence-corrected chi connectivity index (χ2v) is 4.00. The van der Waals surface area contributed by atoms with E-state index in [1.54, 1.807) is 0 Å². The zero-order valence-electron chi connectivity index (χ0n) is 5.62. The standard InChI is InChI=1S/C5H8N2SSe2/c1-6-3(9)4(10)7(2)5(6)8/h9-10H,1-2H3/p-2. The molecule has 0 radical (unpaired) electrons. The molecule has 0 bridgehead atoms. The molecule has 0 aromatic carbocycles. The number of aromatic nitrogens is 2. The van der Waals surface area contributed by atoms with E-state index in [0.29, 0.717) is 0 Å². The van der Waals surface area contributed by atoms with E-state index in [-0.39, 0.29) is 0 Å². The van der Waals surface area contributed by atoms with Crippen molar-refractivity contribution in [2.24, 2.45) is 14.1 Å². The summed E-state index contributed by atoms with van der Waals surface area (Å²) in [5.41, 5.74) is 0. The van der Waals surface area contributed by atoms with Gasteiger partial charge in [-0.1, -0.05) is 0 Å². The van der Waals surface area contributed by atoms with E-state index >= 15 is 0 Å². The summed E-state index contributed by atoms with van der Waals surface area (Å²) in [5.74, 6) is 0. The number of rotatable bonds is 0. The summed E-state index contributed by atoms with van der Waals surface area (Å²) in [6.07, 6.45) is 0. The number of imidazole rings is 1. The number of hydrogen-bond donors (Lipinski definition) is 0. The van der Waals surface area contributed by atoms with Crippen molar-refractivity contribution < 1.29 is 0 Å². The molecule has 0 spiro atoms. The van der Waals surface area contributed by atoms with Crippen LogP contribution in [0.25, 0.3) is 0 Å². The van der Waals surface area contributed by atoms with Crippen molar-refractivity contribution in [1.82, 2.24) is 9.13 Å². The van der Waals surface area contributed by atoms with Crippen molar-refractivity contribution >= 4 is 53.4 Å². The molecule has 0 aliphatic carbocycles. The van der Waals surface area contributed by atoms with Crippen molar-refractivity contribution in [2.75, 3.05) is 0 Å². The maximum absolute atomic E-state index is 5.09. The molecule has 0 atom stereocenters. The van der Waals surface area contributed by atoms with Gasteiger partial charge in [-0.2, -0.15) is 0 Å². The SMILES string of the molecule is Cn1c([Se-])c([Se-])n(C)c1=S. The van der Waals surface area contributed by atoms with Crippen molar-refractivity contribution in [1.29, 1.82) is 0 Å². The molecule has 0 saturated heterocycles. The Morgan fingerprint density at radius 1 is 1.10 bits per heavy atom. The molecule has 1 aromatic rings. The summed E-state index contributed by atoms with van der Waals surface area (Å²) in [5, 5.41) is 0. The predicted octanol–water partition coefficient (Wildman–Crippen LogP) is -1.32. The Bertz CT molecular complexity index is 284. The van der Waals surface area contributed by atoms with Crippen LogP contribution >= 0.6 is 12.2 Å². The first kappa shape index (κ1) is 8.56. The molecule has 0 fully saturated rings. The molecule has 10 heavy (non-hydrogen) atoms. The van der Waals surface area contributed by atoms with Crippen LogP contribution in [0.15, 0.2) is 0 Å². The summed E-state index contributed by atoms with van der Waals surface area (Å²) >= 11 is 11.0. The molecule has 1 aromatic heterocycles. The average Bonchev–Trinajstić information content (AvgIpc) is 2.07. The van der Waals surface area contributed by atoms with Gasteiger partial charge in [-0.25, -0.2) is 0 Å². The fourth-order valence-electron chi connectivity index (χ4n) is 0.686. The molecule has 0 unspecified atom stereocenters. The zero-order valence-corrected chi connectivity index (χ0v) is 9.86. The quantitative estimate of drug-likeness (QED) is 0.424. The van der Waals surface area contributed by atoms with Crippen LogP contribution in [0.3, 0.4) is 0 Å². The Labute approximate surface area is 81.2 Å². The van der Waals surface area contributed by atoms with Crippen LogP contribution in [-0.4, -0.2) is 41.2 Å². The third kappa shape index (κ3) is 1.13. The minimum absolute atomic E-state index is 0.822. The van der Waals surface area contributed by atoms with Crippen LogP contribution < -0.4 is 9.18 Å². The van der Waals surface area contributed by atoms with Gasteiger partial charge in [0.15, 0.2) is 0 Å². The third-order valence-corrected chi connectivity index (χ3v) is 4.53. The van der Waals surface area contributed by atoms with Crippen LogP contribution in [-0.2, 0) is 14.1 Å². The third-order valence-electron chi connectivity index (χ3n) is 1.37. The van der Waals surface area contributed by atoms with Gasteiger partial charge < -0.3 is 0 Å². The molecule has 1 rings (SSSR count). The van der Waals surface area contributed by atoms with E-state index < -0.39 is 0 Å². The molecule has 1 heterocycles. The Morgan fingerprint density at radius 2 is 1.40 bits per heavy atom. The molecule has 0 N–H and O–H groups in total. The van der Waals surface area contributed by atoms with E-state index in [0.717, 1.165) is 14.0 Å². The van der Waals surface area contributed by atoms with E-state index in [4.69, 9.17) is 12.2 Å². The van der Waals surface area contributed by atoms with Crippen molar-refractivity contribution in [3.05, 3.63) is 4.77 Å². The van der Waals surface area contributed by atoms with Crippen LogP contribution in [0.4, 0.5) is 0 Å². The van der Waals surface area contributed by atoms with Crippen LogP contribution in [0.5, 0.6) is 0 Å². The van der Waals surface area contributed by atoms with E-state index in [1.807, 2.05) is 23.2 Å². The van der Waals surface area contributed by atoms with E-state index in [1.165, 1.54) is 0 Å². The normalized spacial score (nSPS) is 10.2. The van der Waals surface area contributed by atoms with Gasteiger partial charge in [0.2, 0.25) is 0 Å². The van der Waals surface area contributed by atoms with Crippen LogP contribution in [0.2, 0.25) is 0 Å². The average molecular weight is 284 g/mol. The molecule has 0 saturated carbocycles. The van der Waals surface area contributed by atoms with Gasteiger partial charge in [0, 0.05) is 0 Å². The van der Waals surface area contributed by atoms with Gasteiger partial charge in [-0.05, 0) is 0 Å². The fourth-order valence-corrected chi connectivity index (χ4v) is 2.07. The van der Waals surface area contributed by atoms with Gasteiger partial charge in [0.1, 0.15) is 0 Å². The minimum atomic E-state index is 0.822. The molecular weight excluding hydrogens is 278 g/mol. The Hall–Kier alpha value is 0.469. The van der Waals surface area contributed by atoms with Crippen molar-refractivity contribution in [2.45, 2.75) is 0 Å².